The molecule has 42 heavy (non-hydrogen) atoms. The Hall–Kier alpha value is -2.73. The van der Waals surface area contributed by atoms with Gasteiger partial charge >= 0.3 is 0 Å². The second-order valence-electron chi connectivity index (χ2n) is 11.4. The fourth-order valence-corrected chi connectivity index (χ4v) is 5.97. The van der Waals surface area contributed by atoms with Gasteiger partial charge in [-0.1, -0.05) is 35.3 Å². The van der Waals surface area contributed by atoms with E-state index in [0.717, 1.165) is 6.07 Å². The number of nitrogens with zero attached hydrogens (tertiary/aromatic N) is 3. The minimum absolute atomic E-state index is 0.0908. The SMILES string of the molecule is CC(O)(c1cc(F)c2c(c1)C(=O)N(Cc1ncc(Cl)cn1)C2(OCC1(O)CC1)c1ccc(Cl)cc1)C1(F)CCOCC1. The molecule has 1 aliphatic carbocycles. The summed E-state index contributed by atoms with van der Waals surface area (Å²) in [7, 11) is 0. The number of aliphatic hydroxyl groups is 2. The molecule has 3 heterocycles. The fraction of sp³-hybridized carbons (Fsp3) is 0.433. The number of halogens is 4. The molecule has 1 saturated heterocycles. The standard InChI is InChI=1S/C30H29Cl2F2N3O5/c1-27(39,29(34)8-10-41-11-9-29)19-12-22-25(23(33)13-19)30(42-17-28(40)6-7-28,18-2-4-20(31)5-3-18)37(26(22)38)16-24-35-14-21(32)15-36-24/h2-5,12-15,39-40H,6-11,16-17H2,1H3. The van der Waals surface area contributed by atoms with E-state index < -0.39 is 34.3 Å². The first-order valence-corrected chi connectivity index (χ1v) is 14.4. The van der Waals surface area contributed by atoms with Gasteiger partial charge in [0.2, 0.25) is 0 Å². The number of benzene rings is 2. The number of hydrogen-bond donors (Lipinski definition) is 2. The summed E-state index contributed by atoms with van der Waals surface area (Å²) >= 11 is 12.2. The molecule has 1 amide bonds. The van der Waals surface area contributed by atoms with Crippen molar-refractivity contribution in [2.24, 2.45) is 0 Å². The van der Waals surface area contributed by atoms with Crippen LogP contribution in [-0.4, -0.2) is 62.1 Å². The average Bonchev–Trinajstić information content (AvgIpc) is 3.66. The number of ether oxygens (including phenoxy) is 2. The predicted molar refractivity (Wildman–Crippen MR) is 149 cm³/mol. The Kier molecular flexibility index (Phi) is 7.31. The Morgan fingerprint density at radius 1 is 1.07 bits per heavy atom. The van der Waals surface area contributed by atoms with Gasteiger partial charge in [-0.25, -0.2) is 18.7 Å². The average molecular weight is 620 g/mol. The van der Waals surface area contributed by atoms with E-state index in [1.165, 1.54) is 30.3 Å². The molecule has 3 aromatic rings. The third-order valence-corrected chi connectivity index (χ3v) is 9.04. The van der Waals surface area contributed by atoms with Crippen molar-refractivity contribution in [1.29, 1.82) is 0 Å². The summed E-state index contributed by atoms with van der Waals surface area (Å²) in [6.45, 7) is 1.06. The second-order valence-corrected chi connectivity index (χ2v) is 12.3. The van der Waals surface area contributed by atoms with Crippen molar-refractivity contribution in [2.75, 3.05) is 19.8 Å². The molecule has 0 spiro atoms. The summed E-state index contributed by atoms with van der Waals surface area (Å²) in [6.07, 6.45) is 3.53. The molecule has 3 aliphatic rings. The van der Waals surface area contributed by atoms with E-state index in [0.29, 0.717) is 23.4 Å². The molecular formula is C30H29Cl2F2N3O5. The highest BCUT2D eigenvalue weighted by atomic mass is 35.5. The second kappa shape index (κ2) is 10.5. The third kappa shape index (κ3) is 4.88. The van der Waals surface area contributed by atoms with E-state index in [-0.39, 0.29) is 66.7 Å². The molecule has 12 heteroatoms. The van der Waals surface area contributed by atoms with Gasteiger partial charge in [0.15, 0.2) is 5.72 Å². The zero-order valence-corrected chi connectivity index (χ0v) is 24.3. The lowest BCUT2D eigenvalue weighted by Crippen LogP contribution is -2.50. The predicted octanol–water partition coefficient (Wildman–Crippen LogP) is 5.05. The highest BCUT2D eigenvalue weighted by molar-refractivity contribution is 6.30. The first-order chi connectivity index (χ1) is 19.9. The van der Waals surface area contributed by atoms with Gasteiger partial charge in [-0.2, -0.15) is 0 Å². The van der Waals surface area contributed by atoms with E-state index >= 15 is 8.78 Å². The first-order valence-electron chi connectivity index (χ1n) is 13.6. The Balaban J connectivity index is 1.54. The van der Waals surface area contributed by atoms with Crippen LogP contribution in [0.1, 0.15) is 65.5 Å². The van der Waals surface area contributed by atoms with Gasteiger partial charge in [-0.05, 0) is 49.6 Å². The Labute approximate surface area is 251 Å². The molecule has 2 aromatic carbocycles. The van der Waals surface area contributed by atoms with Crippen LogP contribution >= 0.6 is 23.2 Å². The van der Waals surface area contributed by atoms with E-state index in [2.05, 4.69) is 9.97 Å². The monoisotopic (exact) mass is 619 g/mol. The van der Waals surface area contributed by atoms with Gasteiger partial charge < -0.3 is 19.7 Å². The first kappa shape index (κ1) is 29.3. The highest BCUT2D eigenvalue weighted by Gasteiger charge is 2.58. The topological polar surface area (TPSA) is 105 Å². The van der Waals surface area contributed by atoms with E-state index in [1.807, 2.05) is 0 Å². The maximum Gasteiger partial charge on any atom is 0.257 e. The van der Waals surface area contributed by atoms with Crippen molar-refractivity contribution in [3.63, 3.8) is 0 Å². The number of rotatable bonds is 8. The van der Waals surface area contributed by atoms with Crippen molar-refractivity contribution in [1.82, 2.24) is 14.9 Å². The summed E-state index contributed by atoms with van der Waals surface area (Å²) < 4.78 is 44.3. The molecule has 222 valence electrons. The van der Waals surface area contributed by atoms with E-state index in [9.17, 15) is 15.0 Å². The van der Waals surface area contributed by atoms with Crippen LogP contribution in [0.4, 0.5) is 8.78 Å². The number of alkyl halides is 1. The minimum atomic E-state index is -2.13. The number of hydrogen-bond acceptors (Lipinski definition) is 7. The molecule has 1 saturated carbocycles. The highest BCUT2D eigenvalue weighted by Crippen LogP contribution is 2.51. The smallest absolute Gasteiger partial charge is 0.257 e. The molecule has 8 nitrogen and oxygen atoms in total. The Morgan fingerprint density at radius 2 is 1.71 bits per heavy atom. The number of carbonyl (C=O) groups excluding carboxylic acids is 1. The van der Waals surface area contributed by atoms with E-state index in [4.69, 9.17) is 32.7 Å². The van der Waals surface area contributed by atoms with Crippen LogP contribution in [-0.2, 0) is 27.3 Å². The Bertz CT molecular complexity index is 1510. The van der Waals surface area contributed by atoms with Gasteiger partial charge in [0.05, 0.1) is 34.9 Å². The quantitative estimate of drug-likeness (QED) is 0.364. The Morgan fingerprint density at radius 3 is 2.33 bits per heavy atom. The molecule has 2 atom stereocenters. The molecule has 6 rings (SSSR count). The van der Waals surface area contributed by atoms with Gasteiger partial charge in [0, 0.05) is 49.0 Å². The largest absolute Gasteiger partial charge is 0.387 e. The molecule has 1 aromatic heterocycles. The number of fused-ring (bicyclic) bond motifs is 1. The fourth-order valence-electron chi connectivity index (χ4n) is 5.75. The summed E-state index contributed by atoms with van der Waals surface area (Å²) in [5, 5.41) is 22.9. The summed E-state index contributed by atoms with van der Waals surface area (Å²) in [5.41, 5.74) is -7.22. The minimum Gasteiger partial charge on any atom is -0.387 e. The van der Waals surface area contributed by atoms with Crippen molar-refractivity contribution in [3.05, 3.63) is 92.7 Å². The van der Waals surface area contributed by atoms with Crippen molar-refractivity contribution in [2.45, 2.75) is 61.7 Å². The van der Waals surface area contributed by atoms with Crippen LogP contribution < -0.4 is 0 Å². The summed E-state index contributed by atoms with van der Waals surface area (Å²) in [4.78, 5) is 24.0. The van der Waals surface area contributed by atoms with Crippen molar-refractivity contribution < 1.29 is 33.3 Å². The van der Waals surface area contributed by atoms with Crippen LogP contribution in [0.15, 0.2) is 48.8 Å². The van der Waals surface area contributed by atoms with Crippen LogP contribution in [0, 0.1) is 5.82 Å². The van der Waals surface area contributed by atoms with Crippen molar-refractivity contribution >= 4 is 29.1 Å². The number of amides is 1. The van der Waals surface area contributed by atoms with Gasteiger partial charge in [-0.15, -0.1) is 0 Å². The summed E-state index contributed by atoms with van der Waals surface area (Å²) in [6, 6.07) is 8.76. The van der Waals surface area contributed by atoms with Crippen LogP contribution in [0.5, 0.6) is 0 Å². The lowest BCUT2D eigenvalue weighted by atomic mass is 9.75. The normalized spacial score (nSPS) is 23.9. The number of carbonyl (C=O) groups is 1. The van der Waals surface area contributed by atoms with Crippen LogP contribution in [0.25, 0.3) is 0 Å². The molecule has 2 aliphatic heterocycles. The zero-order chi connectivity index (χ0) is 29.9. The maximum absolute atomic E-state index is 16.6. The van der Waals surface area contributed by atoms with Gasteiger partial charge in [0.25, 0.3) is 5.91 Å². The molecule has 2 fully saturated rings. The molecular weight excluding hydrogens is 591 g/mol. The van der Waals surface area contributed by atoms with Gasteiger partial charge in [-0.3, -0.25) is 9.69 Å². The molecule has 0 radical (unpaired) electrons. The lowest BCUT2D eigenvalue weighted by molar-refractivity contribution is -0.143. The van der Waals surface area contributed by atoms with E-state index in [1.54, 1.807) is 24.3 Å². The molecule has 2 N–H and O–H groups in total. The number of aromatic nitrogens is 2. The van der Waals surface area contributed by atoms with Crippen LogP contribution in [0.2, 0.25) is 10.0 Å². The molecule has 0 bridgehead atoms. The maximum atomic E-state index is 16.6. The third-order valence-electron chi connectivity index (χ3n) is 8.59. The van der Waals surface area contributed by atoms with Gasteiger partial charge in [0.1, 0.15) is 22.9 Å². The van der Waals surface area contributed by atoms with Crippen molar-refractivity contribution in [3.8, 4) is 0 Å². The molecule has 2 unspecified atom stereocenters. The lowest BCUT2D eigenvalue weighted by Gasteiger charge is -2.42. The van der Waals surface area contributed by atoms with Crippen LogP contribution in [0.3, 0.4) is 0 Å². The zero-order valence-electron chi connectivity index (χ0n) is 22.7. The summed E-state index contributed by atoms with van der Waals surface area (Å²) in [5.74, 6) is -1.34.